The molecule has 0 atom stereocenters. The molecule has 1 aliphatic rings. The molecule has 0 saturated carbocycles. The van der Waals surface area contributed by atoms with Gasteiger partial charge in [0, 0.05) is 19.5 Å². The molecule has 0 unspecified atom stereocenters. The summed E-state index contributed by atoms with van der Waals surface area (Å²) in [5.41, 5.74) is 2.99. The Labute approximate surface area is 104 Å². The molecule has 0 spiro atoms. The Morgan fingerprint density at radius 1 is 1.53 bits per heavy atom. The number of carbonyl (C=O) groups is 2. The van der Waals surface area contributed by atoms with Crippen molar-refractivity contribution in [1.82, 2.24) is 10.3 Å². The van der Waals surface area contributed by atoms with Crippen LogP contribution in [0.25, 0.3) is 0 Å². The first-order chi connectivity index (χ1) is 8.22. The minimum absolute atomic E-state index is 0.168. The number of nitrogens with two attached hydrogens (primary N) is 1. The molecular weight excluding hydrogens is 238 g/mol. The normalized spacial score (nSPS) is 16.1. The number of amides is 2. The van der Waals surface area contributed by atoms with Gasteiger partial charge < -0.3 is 4.90 Å². The number of nitrogens with one attached hydrogen (secondary N) is 1. The van der Waals surface area contributed by atoms with Crippen LogP contribution in [-0.2, 0) is 11.3 Å². The van der Waals surface area contributed by atoms with Crippen molar-refractivity contribution in [2.45, 2.75) is 25.8 Å². The van der Waals surface area contributed by atoms with Crippen molar-refractivity contribution in [3.8, 4) is 0 Å². The molecule has 0 aromatic carbocycles. The Morgan fingerprint density at radius 3 is 3.06 bits per heavy atom. The van der Waals surface area contributed by atoms with Gasteiger partial charge >= 0.3 is 0 Å². The fourth-order valence-electron chi connectivity index (χ4n) is 1.96. The van der Waals surface area contributed by atoms with Crippen molar-refractivity contribution >= 4 is 23.2 Å². The van der Waals surface area contributed by atoms with E-state index in [0.717, 1.165) is 24.9 Å². The first kappa shape index (κ1) is 12.1. The van der Waals surface area contributed by atoms with Crippen molar-refractivity contribution < 1.29 is 9.59 Å². The monoisotopic (exact) mass is 253 g/mol. The second kappa shape index (κ2) is 5.29. The third-order valence-electron chi connectivity index (χ3n) is 2.87. The Morgan fingerprint density at radius 2 is 2.35 bits per heavy atom. The lowest BCUT2D eigenvalue weighted by molar-refractivity contribution is -0.133. The van der Waals surface area contributed by atoms with Crippen LogP contribution in [0.5, 0.6) is 0 Å². The number of nitrogens with zero attached hydrogens (tertiary/aromatic N) is 1. The van der Waals surface area contributed by atoms with Crippen LogP contribution in [0.3, 0.4) is 0 Å². The summed E-state index contributed by atoms with van der Waals surface area (Å²) >= 11 is 1.34. The highest BCUT2D eigenvalue weighted by molar-refractivity contribution is 7.12. The highest BCUT2D eigenvalue weighted by Crippen LogP contribution is 2.21. The summed E-state index contributed by atoms with van der Waals surface area (Å²) in [6, 6.07) is 1.87. The second-order valence-corrected chi connectivity index (χ2v) is 4.94. The number of hydrogen-bond donors (Lipinski definition) is 2. The Kier molecular flexibility index (Phi) is 3.75. The Hall–Kier alpha value is -1.40. The van der Waals surface area contributed by atoms with E-state index in [4.69, 9.17) is 5.84 Å². The molecule has 5 nitrogen and oxygen atoms in total. The van der Waals surface area contributed by atoms with Gasteiger partial charge in [-0.25, -0.2) is 5.84 Å². The van der Waals surface area contributed by atoms with Crippen LogP contribution in [0.4, 0.5) is 0 Å². The maximum Gasteiger partial charge on any atom is 0.275 e. The van der Waals surface area contributed by atoms with Crippen molar-refractivity contribution in [3.05, 3.63) is 21.9 Å². The van der Waals surface area contributed by atoms with Crippen molar-refractivity contribution in [1.29, 1.82) is 0 Å². The molecule has 92 valence electrons. The standard InChI is InChI=1S/C11H15N3O2S/c12-13-11(16)10-8(4-6-17-10)7-14-5-2-1-3-9(14)15/h4,6H,1-3,5,7,12H2,(H,13,16). The summed E-state index contributed by atoms with van der Waals surface area (Å²) in [5.74, 6) is 5.00. The first-order valence-electron chi connectivity index (χ1n) is 5.57. The van der Waals surface area contributed by atoms with Gasteiger partial charge in [0.05, 0.1) is 4.88 Å². The van der Waals surface area contributed by atoms with E-state index in [9.17, 15) is 9.59 Å². The number of rotatable bonds is 3. The summed E-state index contributed by atoms with van der Waals surface area (Å²) in [6.07, 6.45) is 2.62. The molecule has 2 heterocycles. The molecule has 1 aromatic rings. The smallest absolute Gasteiger partial charge is 0.275 e. The Balaban J connectivity index is 2.10. The van der Waals surface area contributed by atoms with E-state index in [-0.39, 0.29) is 11.8 Å². The largest absolute Gasteiger partial charge is 0.338 e. The Bertz CT molecular complexity index is 430. The quantitative estimate of drug-likeness (QED) is 0.476. The molecule has 1 saturated heterocycles. The number of thiophene rings is 1. The lowest BCUT2D eigenvalue weighted by Gasteiger charge is -2.26. The maximum absolute atomic E-state index is 11.7. The number of carbonyl (C=O) groups excluding carboxylic acids is 2. The van der Waals surface area contributed by atoms with Gasteiger partial charge in [0.25, 0.3) is 5.91 Å². The van der Waals surface area contributed by atoms with Crippen LogP contribution in [0.2, 0.25) is 0 Å². The van der Waals surface area contributed by atoms with E-state index >= 15 is 0 Å². The molecule has 2 amide bonds. The van der Waals surface area contributed by atoms with Crippen LogP contribution in [-0.4, -0.2) is 23.3 Å². The third-order valence-corrected chi connectivity index (χ3v) is 3.82. The molecule has 6 heteroatoms. The number of nitrogen functional groups attached to an aromatic ring is 1. The van der Waals surface area contributed by atoms with E-state index < -0.39 is 0 Å². The molecular formula is C11H15N3O2S. The topological polar surface area (TPSA) is 75.4 Å². The van der Waals surface area contributed by atoms with Gasteiger partial charge in [-0.3, -0.25) is 15.0 Å². The predicted octanol–water partition coefficient (Wildman–Crippen LogP) is 0.864. The zero-order chi connectivity index (χ0) is 12.3. The number of piperidine rings is 1. The third kappa shape index (κ3) is 2.65. The van der Waals surface area contributed by atoms with Gasteiger partial charge in [-0.05, 0) is 29.9 Å². The molecule has 0 aliphatic carbocycles. The van der Waals surface area contributed by atoms with Crippen molar-refractivity contribution in [3.63, 3.8) is 0 Å². The fourth-order valence-corrected chi connectivity index (χ4v) is 2.78. The van der Waals surface area contributed by atoms with Crippen LogP contribution >= 0.6 is 11.3 Å². The van der Waals surface area contributed by atoms with Crippen molar-refractivity contribution in [2.24, 2.45) is 5.84 Å². The number of hydrazine groups is 1. The van der Waals surface area contributed by atoms with Crippen LogP contribution < -0.4 is 11.3 Å². The molecule has 0 bridgehead atoms. The lowest BCUT2D eigenvalue weighted by atomic mass is 10.1. The van der Waals surface area contributed by atoms with Gasteiger partial charge in [-0.2, -0.15) is 0 Å². The van der Waals surface area contributed by atoms with Crippen LogP contribution in [0.15, 0.2) is 11.4 Å². The molecule has 1 fully saturated rings. The minimum atomic E-state index is -0.292. The highest BCUT2D eigenvalue weighted by atomic mass is 32.1. The summed E-state index contributed by atoms with van der Waals surface area (Å²) in [5, 5.41) is 1.84. The highest BCUT2D eigenvalue weighted by Gasteiger charge is 2.21. The fraction of sp³-hybridized carbons (Fsp3) is 0.455. The zero-order valence-electron chi connectivity index (χ0n) is 9.44. The number of hydrogen-bond acceptors (Lipinski definition) is 4. The predicted molar refractivity (Wildman–Crippen MR) is 65.2 cm³/mol. The molecule has 1 aliphatic heterocycles. The van der Waals surface area contributed by atoms with Gasteiger partial charge in [0.1, 0.15) is 0 Å². The molecule has 0 radical (unpaired) electrons. The average molecular weight is 253 g/mol. The van der Waals surface area contributed by atoms with E-state index in [0.29, 0.717) is 17.8 Å². The minimum Gasteiger partial charge on any atom is -0.338 e. The first-order valence-corrected chi connectivity index (χ1v) is 6.45. The summed E-state index contributed by atoms with van der Waals surface area (Å²) in [7, 11) is 0. The van der Waals surface area contributed by atoms with Crippen molar-refractivity contribution in [2.75, 3.05) is 6.54 Å². The summed E-state index contributed by atoms with van der Waals surface area (Å²) in [6.45, 7) is 1.28. The van der Waals surface area contributed by atoms with Gasteiger partial charge in [-0.15, -0.1) is 11.3 Å². The van der Waals surface area contributed by atoms with E-state index in [1.807, 2.05) is 11.4 Å². The average Bonchev–Trinajstić information content (AvgIpc) is 2.79. The van der Waals surface area contributed by atoms with Gasteiger partial charge in [0.2, 0.25) is 5.91 Å². The lowest BCUT2D eigenvalue weighted by Crippen LogP contribution is -2.35. The maximum atomic E-state index is 11.7. The van der Waals surface area contributed by atoms with E-state index in [2.05, 4.69) is 5.43 Å². The van der Waals surface area contributed by atoms with Gasteiger partial charge in [0.15, 0.2) is 0 Å². The van der Waals surface area contributed by atoms with Gasteiger partial charge in [-0.1, -0.05) is 0 Å². The zero-order valence-corrected chi connectivity index (χ0v) is 10.3. The summed E-state index contributed by atoms with van der Waals surface area (Å²) < 4.78 is 0. The SMILES string of the molecule is NNC(=O)c1sccc1CN1CCCCC1=O. The van der Waals surface area contributed by atoms with E-state index in [1.165, 1.54) is 11.3 Å². The number of likely N-dealkylation sites (tertiary alicyclic amines) is 1. The van der Waals surface area contributed by atoms with Crippen LogP contribution in [0, 0.1) is 0 Å². The molecule has 2 rings (SSSR count). The van der Waals surface area contributed by atoms with E-state index in [1.54, 1.807) is 4.90 Å². The second-order valence-electron chi connectivity index (χ2n) is 4.02. The molecule has 3 N–H and O–H groups in total. The van der Waals surface area contributed by atoms with Crippen LogP contribution in [0.1, 0.15) is 34.5 Å². The molecule has 1 aromatic heterocycles. The molecule has 17 heavy (non-hydrogen) atoms. The summed E-state index contributed by atoms with van der Waals surface area (Å²) in [4.78, 5) is 25.6.